The lowest BCUT2D eigenvalue weighted by Gasteiger charge is -1.90. The number of hydrogen-bond donors (Lipinski definition) is 2. The molecule has 2 aromatic rings. The fraction of sp³-hybridized carbons (Fsp3) is 0. The molecular weight excluding hydrogens is 282 g/mol. The zero-order valence-electron chi connectivity index (χ0n) is 10.2. The molecule has 0 saturated heterocycles. The first-order valence-electron chi connectivity index (χ1n) is 5.33. The summed E-state index contributed by atoms with van der Waals surface area (Å²) in [5, 5.41) is 20.2. The summed E-state index contributed by atoms with van der Waals surface area (Å²) in [7, 11) is 0. The second-order valence-electron chi connectivity index (χ2n) is 3.62. The van der Waals surface area contributed by atoms with Crippen LogP contribution in [0.5, 0.6) is 0 Å². The molecule has 0 aliphatic heterocycles. The molecule has 2 N–H and O–H groups in total. The molecule has 0 atom stereocenters. The topological polar surface area (TPSA) is 112 Å². The van der Waals surface area contributed by atoms with Crippen molar-refractivity contribution in [3.8, 4) is 0 Å². The van der Waals surface area contributed by atoms with Gasteiger partial charge in [0.25, 0.3) is 11.4 Å². The first-order valence-corrected chi connectivity index (χ1v) is 5.78. The van der Waals surface area contributed by atoms with E-state index in [0.717, 1.165) is 4.90 Å². The zero-order chi connectivity index (χ0) is 15.1. The van der Waals surface area contributed by atoms with Gasteiger partial charge in [-0.1, -0.05) is 0 Å². The smallest absolute Gasteiger partial charge is 0.269 e. The van der Waals surface area contributed by atoms with Crippen LogP contribution in [0, 0.1) is 20.2 Å². The van der Waals surface area contributed by atoms with Crippen molar-refractivity contribution < 1.29 is 9.85 Å². The minimum absolute atomic E-state index is 0.0641. The second kappa shape index (κ2) is 7.10. The average Bonchev–Trinajstić information content (AvgIpc) is 2.40. The summed E-state index contributed by atoms with van der Waals surface area (Å²) < 4.78 is 0. The van der Waals surface area contributed by atoms with E-state index in [9.17, 15) is 20.2 Å². The number of nitro groups is 2. The minimum atomic E-state index is -0.459. The molecule has 7 nitrogen and oxygen atoms in total. The van der Waals surface area contributed by atoms with Crippen molar-refractivity contribution >= 4 is 29.7 Å². The number of nitrogen functional groups attached to an aromatic ring is 1. The lowest BCUT2D eigenvalue weighted by molar-refractivity contribution is -0.385. The van der Waals surface area contributed by atoms with E-state index in [1.165, 1.54) is 36.4 Å². The summed E-state index contributed by atoms with van der Waals surface area (Å²) in [6, 6.07) is 11.7. The molecular formula is C12H11N3O4S. The van der Waals surface area contributed by atoms with E-state index in [0.29, 0.717) is 5.69 Å². The van der Waals surface area contributed by atoms with Gasteiger partial charge in [-0.15, -0.1) is 12.6 Å². The molecule has 0 amide bonds. The summed E-state index contributed by atoms with van der Waals surface area (Å²) in [4.78, 5) is 20.0. The van der Waals surface area contributed by atoms with Gasteiger partial charge in [-0.2, -0.15) is 0 Å². The van der Waals surface area contributed by atoms with E-state index in [4.69, 9.17) is 5.73 Å². The third-order valence-electron chi connectivity index (χ3n) is 2.16. The van der Waals surface area contributed by atoms with Crippen molar-refractivity contribution in [1.29, 1.82) is 0 Å². The minimum Gasteiger partial charge on any atom is -0.399 e. The van der Waals surface area contributed by atoms with Gasteiger partial charge in [0.2, 0.25) is 0 Å². The maximum Gasteiger partial charge on any atom is 0.269 e. The summed E-state index contributed by atoms with van der Waals surface area (Å²) >= 11 is 3.98. The number of nitrogens with zero attached hydrogens (tertiary/aromatic N) is 2. The van der Waals surface area contributed by atoms with E-state index in [1.54, 1.807) is 12.1 Å². The van der Waals surface area contributed by atoms with Crippen LogP contribution >= 0.6 is 12.6 Å². The van der Waals surface area contributed by atoms with E-state index in [-0.39, 0.29) is 11.4 Å². The van der Waals surface area contributed by atoms with Gasteiger partial charge in [0.05, 0.1) is 9.85 Å². The molecule has 2 rings (SSSR count). The Morgan fingerprint density at radius 3 is 1.50 bits per heavy atom. The fourth-order valence-electron chi connectivity index (χ4n) is 1.17. The number of anilines is 1. The van der Waals surface area contributed by atoms with Crippen LogP contribution in [0.3, 0.4) is 0 Å². The van der Waals surface area contributed by atoms with Crippen LogP contribution in [0.4, 0.5) is 17.1 Å². The molecule has 0 aliphatic carbocycles. The summed E-state index contributed by atoms with van der Waals surface area (Å²) in [6.45, 7) is 0. The Labute approximate surface area is 119 Å². The molecule has 0 radical (unpaired) electrons. The quantitative estimate of drug-likeness (QED) is 0.382. The van der Waals surface area contributed by atoms with Gasteiger partial charge in [0.15, 0.2) is 0 Å². The predicted octanol–water partition coefficient (Wildman–Crippen LogP) is 3.06. The highest BCUT2D eigenvalue weighted by Gasteiger charge is 2.01. The van der Waals surface area contributed by atoms with Crippen molar-refractivity contribution in [3.63, 3.8) is 0 Å². The molecule has 0 heterocycles. The summed E-state index contributed by atoms with van der Waals surface area (Å²) in [6.07, 6.45) is 0. The molecule has 0 spiro atoms. The molecule has 20 heavy (non-hydrogen) atoms. The molecule has 0 aromatic heterocycles. The second-order valence-corrected chi connectivity index (χ2v) is 4.14. The first kappa shape index (κ1) is 15.4. The molecule has 0 fully saturated rings. The predicted molar refractivity (Wildman–Crippen MR) is 77.9 cm³/mol. The highest BCUT2D eigenvalue weighted by molar-refractivity contribution is 7.80. The van der Waals surface area contributed by atoms with Gasteiger partial charge < -0.3 is 5.73 Å². The summed E-state index contributed by atoms with van der Waals surface area (Å²) in [5.74, 6) is 0. The zero-order valence-corrected chi connectivity index (χ0v) is 11.1. The SMILES string of the molecule is Nc1ccc([N+](=O)[O-])cc1.O=[N+]([O-])c1ccc(S)cc1. The third-order valence-corrected chi connectivity index (χ3v) is 2.46. The number of thiol groups is 1. The van der Waals surface area contributed by atoms with Gasteiger partial charge in [-0.05, 0) is 24.3 Å². The maximum atomic E-state index is 10.1. The van der Waals surface area contributed by atoms with E-state index < -0.39 is 9.85 Å². The number of rotatable bonds is 2. The first-order chi connectivity index (χ1) is 9.40. The van der Waals surface area contributed by atoms with E-state index >= 15 is 0 Å². The van der Waals surface area contributed by atoms with Gasteiger partial charge in [0, 0.05) is 34.8 Å². The highest BCUT2D eigenvalue weighted by atomic mass is 32.1. The number of nitro benzene ring substituents is 2. The van der Waals surface area contributed by atoms with Gasteiger partial charge in [-0.3, -0.25) is 20.2 Å². The Kier molecular flexibility index (Phi) is 5.48. The van der Waals surface area contributed by atoms with Crippen LogP contribution in [0.15, 0.2) is 53.4 Å². The maximum absolute atomic E-state index is 10.1. The van der Waals surface area contributed by atoms with Gasteiger partial charge in [-0.25, -0.2) is 0 Å². The Balaban J connectivity index is 0.000000200. The van der Waals surface area contributed by atoms with Crippen LogP contribution in [-0.2, 0) is 0 Å². The van der Waals surface area contributed by atoms with E-state index in [2.05, 4.69) is 12.6 Å². The number of benzene rings is 2. The molecule has 0 saturated carbocycles. The molecule has 0 bridgehead atoms. The molecule has 0 unspecified atom stereocenters. The van der Waals surface area contributed by atoms with Crippen molar-refractivity contribution in [2.45, 2.75) is 4.90 Å². The molecule has 104 valence electrons. The van der Waals surface area contributed by atoms with Crippen LogP contribution in [0.1, 0.15) is 0 Å². The van der Waals surface area contributed by atoms with Crippen LogP contribution in [0.25, 0.3) is 0 Å². The number of non-ortho nitro benzene ring substituents is 2. The molecule has 2 aromatic carbocycles. The van der Waals surface area contributed by atoms with Crippen molar-refractivity contribution in [1.82, 2.24) is 0 Å². The Morgan fingerprint density at radius 1 is 0.800 bits per heavy atom. The van der Waals surface area contributed by atoms with Crippen molar-refractivity contribution in [2.24, 2.45) is 0 Å². The van der Waals surface area contributed by atoms with Crippen LogP contribution < -0.4 is 5.73 Å². The average molecular weight is 293 g/mol. The number of hydrogen-bond acceptors (Lipinski definition) is 6. The van der Waals surface area contributed by atoms with Gasteiger partial charge >= 0.3 is 0 Å². The fourth-order valence-corrected chi connectivity index (χ4v) is 1.32. The normalized spacial score (nSPS) is 9.25. The lowest BCUT2D eigenvalue weighted by atomic mass is 10.3. The summed E-state index contributed by atoms with van der Waals surface area (Å²) in [5.41, 5.74) is 6.00. The number of nitrogens with two attached hydrogens (primary N) is 1. The lowest BCUT2D eigenvalue weighted by Crippen LogP contribution is -1.88. The Bertz CT molecular complexity index is 544. The Hall–Kier alpha value is -2.61. The van der Waals surface area contributed by atoms with Crippen molar-refractivity contribution in [3.05, 3.63) is 68.8 Å². The Morgan fingerprint density at radius 2 is 1.15 bits per heavy atom. The van der Waals surface area contributed by atoms with E-state index in [1.807, 2.05) is 0 Å². The standard InChI is InChI=1S/C6H6N2O2.C6H5NO2S/c7-5-1-3-6(4-2-5)8(9)10;8-7(9)5-1-3-6(10)4-2-5/h1-4H,7H2;1-4,10H. The largest absolute Gasteiger partial charge is 0.399 e. The molecule has 8 heteroatoms. The van der Waals surface area contributed by atoms with Crippen LogP contribution in [-0.4, -0.2) is 9.85 Å². The van der Waals surface area contributed by atoms with Gasteiger partial charge in [0.1, 0.15) is 0 Å². The third kappa shape index (κ3) is 4.94. The highest BCUT2D eigenvalue weighted by Crippen LogP contribution is 2.13. The van der Waals surface area contributed by atoms with Crippen LogP contribution in [0.2, 0.25) is 0 Å². The van der Waals surface area contributed by atoms with Crippen molar-refractivity contribution in [2.75, 3.05) is 5.73 Å². The molecule has 0 aliphatic rings. The monoisotopic (exact) mass is 293 g/mol.